The molecule has 0 aromatic carbocycles. The van der Waals surface area contributed by atoms with Crippen LogP contribution in [0.25, 0.3) is 0 Å². The van der Waals surface area contributed by atoms with Crippen molar-refractivity contribution in [2.24, 2.45) is 5.41 Å². The Balaban J connectivity index is 1.85. The molecule has 0 radical (unpaired) electrons. The van der Waals surface area contributed by atoms with Gasteiger partial charge in [0.1, 0.15) is 12.2 Å². The molecule has 144 valence electrons. The Morgan fingerprint density at radius 3 is 2.85 bits per heavy atom. The molecule has 1 heterocycles. The zero-order valence-electron chi connectivity index (χ0n) is 15.8. The van der Waals surface area contributed by atoms with E-state index in [1.807, 2.05) is 32.9 Å². The van der Waals surface area contributed by atoms with Crippen molar-refractivity contribution in [2.75, 3.05) is 13.1 Å². The summed E-state index contributed by atoms with van der Waals surface area (Å²) in [7, 11) is 0. The number of nitrogens with zero attached hydrogens (tertiary/aromatic N) is 2. The van der Waals surface area contributed by atoms with Gasteiger partial charge in [-0.05, 0) is 32.6 Å². The second-order valence-electron chi connectivity index (χ2n) is 7.65. The van der Waals surface area contributed by atoms with E-state index in [1.54, 1.807) is 0 Å². The first-order valence-corrected chi connectivity index (χ1v) is 9.36. The summed E-state index contributed by atoms with van der Waals surface area (Å²) >= 11 is 0. The molecule has 1 aliphatic heterocycles. The molecule has 6 nitrogen and oxygen atoms in total. The van der Waals surface area contributed by atoms with Gasteiger partial charge in [0, 0.05) is 18.2 Å². The molecule has 2 N–H and O–H groups in total. The number of alkyl halides is 1. The van der Waals surface area contributed by atoms with E-state index in [1.165, 1.54) is 4.90 Å². The fraction of sp³-hybridized carbons (Fsp3) is 0.737. The lowest BCUT2D eigenvalue weighted by Gasteiger charge is -2.33. The number of allylic oxidation sites excluding steroid dienone is 2. The maximum absolute atomic E-state index is 13.4. The highest BCUT2D eigenvalue weighted by Crippen LogP contribution is 2.34. The van der Waals surface area contributed by atoms with Crippen molar-refractivity contribution >= 4 is 11.8 Å². The molecule has 1 unspecified atom stereocenters. The van der Waals surface area contributed by atoms with Crippen LogP contribution in [-0.2, 0) is 9.59 Å². The second-order valence-corrected chi connectivity index (χ2v) is 7.65. The molecule has 2 amide bonds. The minimum absolute atomic E-state index is 0.00829. The Labute approximate surface area is 154 Å². The minimum atomic E-state index is -1.12. The lowest BCUT2D eigenvalue weighted by molar-refractivity contribution is -0.132. The third kappa shape index (κ3) is 4.75. The second kappa shape index (κ2) is 8.52. The first kappa shape index (κ1) is 20.2. The summed E-state index contributed by atoms with van der Waals surface area (Å²) in [6.45, 7) is 6.03. The Morgan fingerprint density at radius 1 is 1.54 bits per heavy atom. The summed E-state index contributed by atoms with van der Waals surface area (Å²) in [5.41, 5.74) is 0.498. The van der Waals surface area contributed by atoms with Gasteiger partial charge in [-0.3, -0.25) is 9.59 Å². The maximum atomic E-state index is 13.4. The topological polar surface area (TPSA) is 85.2 Å². The van der Waals surface area contributed by atoms with E-state index in [0.29, 0.717) is 19.3 Å². The molecule has 26 heavy (non-hydrogen) atoms. The van der Waals surface area contributed by atoms with Crippen LogP contribution in [0.15, 0.2) is 11.8 Å². The van der Waals surface area contributed by atoms with Crippen LogP contribution in [-0.4, -0.2) is 48.1 Å². The minimum Gasteiger partial charge on any atom is -0.380 e. The third-order valence-electron chi connectivity index (χ3n) is 5.47. The van der Waals surface area contributed by atoms with Gasteiger partial charge in [0.2, 0.25) is 11.8 Å². The van der Waals surface area contributed by atoms with Gasteiger partial charge in [-0.1, -0.05) is 19.9 Å². The van der Waals surface area contributed by atoms with Crippen molar-refractivity contribution in [3.8, 4) is 6.07 Å². The predicted molar refractivity (Wildman–Crippen MR) is 96.6 cm³/mol. The molecule has 0 aromatic heterocycles. The number of likely N-dealkylation sites (tertiary alicyclic amines) is 1. The lowest BCUT2D eigenvalue weighted by atomic mass is 9.77. The van der Waals surface area contributed by atoms with Crippen molar-refractivity contribution in [2.45, 2.75) is 71.1 Å². The number of rotatable bonds is 6. The first-order valence-electron chi connectivity index (χ1n) is 9.36. The molecular weight excluding hydrogens is 335 g/mol. The highest BCUT2D eigenvalue weighted by Gasteiger charge is 2.36. The van der Waals surface area contributed by atoms with Gasteiger partial charge in [-0.2, -0.15) is 5.26 Å². The van der Waals surface area contributed by atoms with Crippen LogP contribution in [0.4, 0.5) is 4.39 Å². The molecule has 1 aliphatic carbocycles. The van der Waals surface area contributed by atoms with E-state index in [2.05, 4.69) is 10.6 Å². The quantitative estimate of drug-likeness (QED) is 0.755. The van der Waals surface area contributed by atoms with E-state index >= 15 is 0 Å². The molecule has 2 rings (SSSR count). The molecule has 1 fully saturated rings. The number of carbonyl (C=O) groups is 2. The predicted octanol–water partition coefficient (Wildman–Crippen LogP) is 2.03. The van der Waals surface area contributed by atoms with Crippen molar-refractivity contribution in [3.63, 3.8) is 0 Å². The van der Waals surface area contributed by atoms with E-state index in [4.69, 9.17) is 5.26 Å². The smallest absolute Gasteiger partial charge is 0.243 e. The van der Waals surface area contributed by atoms with Crippen LogP contribution in [0.5, 0.6) is 0 Å². The van der Waals surface area contributed by atoms with Gasteiger partial charge in [0.05, 0.1) is 24.6 Å². The highest BCUT2D eigenvalue weighted by atomic mass is 19.1. The van der Waals surface area contributed by atoms with Gasteiger partial charge in [0.15, 0.2) is 0 Å². The summed E-state index contributed by atoms with van der Waals surface area (Å²) in [5, 5.41) is 15.2. The lowest BCUT2D eigenvalue weighted by Crippen LogP contribution is -2.44. The van der Waals surface area contributed by atoms with Crippen LogP contribution in [0.2, 0.25) is 0 Å². The molecule has 1 saturated heterocycles. The largest absolute Gasteiger partial charge is 0.380 e. The fourth-order valence-electron chi connectivity index (χ4n) is 3.30. The Morgan fingerprint density at radius 2 is 2.27 bits per heavy atom. The number of halogens is 1. The van der Waals surface area contributed by atoms with Crippen molar-refractivity contribution < 1.29 is 14.0 Å². The number of hydrogen-bond acceptors (Lipinski definition) is 4. The van der Waals surface area contributed by atoms with Crippen LogP contribution >= 0.6 is 0 Å². The molecular formula is C19H29FN4O2. The summed E-state index contributed by atoms with van der Waals surface area (Å²) in [6.07, 6.45) is 3.84. The normalized spacial score (nSPS) is 29.5. The Bertz CT molecular complexity index is 615. The number of nitrogens with one attached hydrogen (secondary N) is 2. The van der Waals surface area contributed by atoms with Gasteiger partial charge in [-0.25, -0.2) is 4.39 Å². The molecule has 0 bridgehead atoms. The molecule has 2 aliphatic rings. The molecule has 0 aromatic rings. The van der Waals surface area contributed by atoms with E-state index < -0.39 is 17.6 Å². The zero-order chi connectivity index (χ0) is 19.3. The number of amides is 2. The molecule has 4 atom stereocenters. The van der Waals surface area contributed by atoms with Crippen LogP contribution in [0, 0.1) is 16.7 Å². The van der Waals surface area contributed by atoms with Crippen LogP contribution in [0.1, 0.15) is 52.9 Å². The summed E-state index contributed by atoms with van der Waals surface area (Å²) in [4.78, 5) is 26.0. The van der Waals surface area contributed by atoms with Crippen LogP contribution in [0.3, 0.4) is 0 Å². The van der Waals surface area contributed by atoms with Crippen molar-refractivity contribution in [1.82, 2.24) is 15.5 Å². The standard InChI is InChI=1S/C19H29FN4O2/c1-4-13(2)23-18(26)19(3)7-5-15(6-8-19)22-11-17(25)24-12-14(20)9-16(24)10-21/h5,13-14,16,22H,4,6-9,11-12H2,1-3H3,(H,23,26)/t13-,14+,16+,19?/m1/s1. The SMILES string of the molecule is CC[C@@H](C)NC(=O)C1(C)CC=C(NCC(=O)N2C[C@@H](F)C[C@H]2C#N)CC1. The average Bonchev–Trinajstić information content (AvgIpc) is 3.01. The van der Waals surface area contributed by atoms with Crippen molar-refractivity contribution in [3.05, 3.63) is 11.8 Å². The first-order chi connectivity index (χ1) is 12.3. The maximum Gasteiger partial charge on any atom is 0.243 e. The van der Waals surface area contributed by atoms with E-state index in [9.17, 15) is 14.0 Å². The third-order valence-corrected chi connectivity index (χ3v) is 5.47. The average molecular weight is 364 g/mol. The number of nitriles is 1. The highest BCUT2D eigenvalue weighted by molar-refractivity contribution is 5.83. The zero-order valence-corrected chi connectivity index (χ0v) is 15.8. The summed E-state index contributed by atoms with van der Waals surface area (Å²) < 4.78 is 13.4. The summed E-state index contributed by atoms with van der Waals surface area (Å²) in [5.74, 6) is -0.193. The Hall–Kier alpha value is -2.10. The monoisotopic (exact) mass is 364 g/mol. The van der Waals surface area contributed by atoms with Gasteiger partial charge in [0.25, 0.3) is 0 Å². The van der Waals surface area contributed by atoms with Gasteiger partial charge in [-0.15, -0.1) is 0 Å². The van der Waals surface area contributed by atoms with Gasteiger partial charge >= 0.3 is 0 Å². The molecule has 0 saturated carbocycles. The number of carbonyl (C=O) groups excluding carboxylic acids is 2. The summed E-state index contributed by atoms with van der Waals surface area (Å²) in [6, 6.07) is 1.47. The van der Waals surface area contributed by atoms with E-state index in [0.717, 1.165) is 12.1 Å². The van der Waals surface area contributed by atoms with Crippen molar-refractivity contribution in [1.29, 1.82) is 5.26 Å². The van der Waals surface area contributed by atoms with E-state index in [-0.39, 0.29) is 37.4 Å². The number of hydrogen-bond donors (Lipinski definition) is 2. The van der Waals surface area contributed by atoms with Gasteiger partial charge < -0.3 is 15.5 Å². The fourth-order valence-corrected chi connectivity index (χ4v) is 3.30. The molecule has 7 heteroatoms. The Kier molecular flexibility index (Phi) is 6.63. The molecule has 0 spiro atoms. The van der Waals surface area contributed by atoms with Crippen LogP contribution < -0.4 is 10.6 Å².